The number of rotatable bonds is 7. The maximum atomic E-state index is 12.9. The monoisotopic (exact) mass is 430 g/mol. The van der Waals surface area contributed by atoms with Crippen molar-refractivity contribution in [3.8, 4) is 0 Å². The Morgan fingerprint density at radius 3 is 2.70 bits per heavy atom. The van der Waals surface area contributed by atoms with Crippen LogP contribution in [0.4, 0.5) is 8.78 Å². The summed E-state index contributed by atoms with van der Waals surface area (Å²) in [6.07, 6.45) is 1.00. The molecule has 30 heavy (non-hydrogen) atoms. The number of hydrogen-bond donors (Lipinski definition) is 1. The first-order valence-corrected chi connectivity index (χ1v) is 10.9. The van der Waals surface area contributed by atoms with Gasteiger partial charge in [-0.3, -0.25) is 9.69 Å². The van der Waals surface area contributed by atoms with Crippen LogP contribution in [0.2, 0.25) is 0 Å². The predicted octanol–water partition coefficient (Wildman–Crippen LogP) is 3.91. The topological polar surface area (TPSA) is 50.2 Å². The Bertz CT molecular complexity index is 1040. The molecule has 2 heterocycles. The first kappa shape index (κ1) is 20.8. The minimum atomic E-state index is -2.59. The molecule has 4 rings (SSSR count). The van der Waals surface area contributed by atoms with Gasteiger partial charge in [0, 0.05) is 25.7 Å². The Morgan fingerprint density at radius 1 is 1.17 bits per heavy atom. The Balaban J connectivity index is 1.38. The molecule has 1 N–H and O–H groups in total. The molecule has 8 heteroatoms. The fourth-order valence-electron chi connectivity index (χ4n) is 3.86. The number of carbonyl (C=O) groups excluding carboxylic acids is 1. The molecule has 1 amide bonds. The van der Waals surface area contributed by atoms with Gasteiger partial charge in [-0.15, -0.1) is 0 Å². The van der Waals surface area contributed by atoms with Crippen molar-refractivity contribution in [1.82, 2.24) is 19.8 Å². The van der Waals surface area contributed by atoms with Gasteiger partial charge in [0.05, 0.1) is 11.0 Å². The number of amides is 1. The van der Waals surface area contributed by atoms with E-state index in [1.54, 1.807) is 22.8 Å². The largest absolute Gasteiger partial charge is 0.353 e. The van der Waals surface area contributed by atoms with Gasteiger partial charge in [-0.2, -0.15) is 8.78 Å². The summed E-state index contributed by atoms with van der Waals surface area (Å²) in [5, 5.41) is 3.12. The molecule has 0 spiro atoms. The van der Waals surface area contributed by atoms with Crippen molar-refractivity contribution in [2.75, 3.05) is 13.1 Å². The van der Waals surface area contributed by atoms with Gasteiger partial charge in [0.25, 0.3) is 5.76 Å². The molecule has 3 aromatic rings. The van der Waals surface area contributed by atoms with E-state index in [1.807, 2.05) is 6.07 Å². The molecular formula is C22H24F2N4OS. The highest BCUT2D eigenvalue weighted by atomic mass is 32.2. The number of nitrogens with zero attached hydrogens (tertiary/aromatic N) is 3. The lowest BCUT2D eigenvalue weighted by Gasteiger charge is -2.33. The first-order chi connectivity index (χ1) is 14.5. The van der Waals surface area contributed by atoms with Crippen molar-refractivity contribution in [1.29, 1.82) is 0 Å². The SMILES string of the molecule is CC(CNC(=O)Cn1c(SC(F)F)nc2ccccc21)N1CCc2ccccc2C1. The zero-order chi connectivity index (χ0) is 21.1. The van der Waals surface area contributed by atoms with E-state index in [0.29, 0.717) is 29.3 Å². The number of benzene rings is 2. The lowest BCUT2D eigenvalue weighted by molar-refractivity contribution is -0.122. The van der Waals surface area contributed by atoms with E-state index in [9.17, 15) is 13.6 Å². The summed E-state index contributed by atoms with van der Waals surface area (Å²) in [4.78, 5) is 19.2. The van der Waals surface area contributed by atoms with Crippen LogP contribution in [-0.4, -0.2) is 45.2 Å². The van der Waals surface area contributed by atoms with E-state index in [1.165, 1.54) is 11.1 Å². The average Bonchev–Trinajstić information content (AvgIpc) is 3.08. The molecule has 158 valence electrons. The van der Waals surface area contributed by atoms with E-state index >= 15 is 0 Å². The Kier molecular flexibility index (Phi) is 6.34. The van der Waals surface area contributed by atoms with Gasteiger partial charge >= 0.3 is 0 Å². The summed E-state index contributed by atoms with van der Waals surface area (Å²) in [7, 11) is 0. The molecule has 0 saturated carbocycles. The second-order valence-corrected chi connectivity index (χ2v) is 8.45. The van der Waals surface area contributed by atoms with Gasteiger partial charge in [-0.05, 0) is 48.4 Å². The highest BCUT2D eigenvalue weighted by molar-refractivity contribution is 7.99. The van der Waals surface area contributed by atoms with Gasteiger partial charge in [0.15, 0.2) is 5.16 Å². The van der Waals surface area contributed by atoms with Crippen molar-refractivity contribution in [2.45, 2.75) is 43.4 Å². The summed E-state index contributed by atoms with van der Waals surface area (Å²) in [5.41, 5.74) is 4.01. The van der Waals surface area contributed by atoms with E-state index in [2.05, 4.69) is 46.4 Å². The van der Waals surface area contributed by atoms with E-state index < -0.39 is 5.76 Å². The van der Waals surface area contributed by atoms with Crippen LogP contribution in [0, 0.1) is 0 Å². The maximum absolute atomic E-state index is 12.9. The van der Waals surface area contributed by atoms with Gasteiger partial charge < -0.3 is 9.88 Å². The lowest BCUT2D eigenvalue weighted by Crippen LogP contribution is -2.44. The summed E-state index contributed by atoms with van der Waals surface area (Å²) >= 11 is 0.364. The standard InChI is InChI=1S/C22H24F2N4OS/c1-15(27-11-10-16-6-2-3-7-17(16)13-27)12-25-20(29)14-28-19-9-5-4-8-18(19)26-22(28)30-21(23)24/h2-9,15,21H,10-14H2,1H3,(H,25,29). The minimum Gasteiger partial charge on any atom is -0.353 e. The number of halogens is 2. The number of imidazole rings is 1. The molecule has 5 nitrogen and oxygen atoms in total. The van der Waals surface area contributed by atoms with Crippen molar-refractivity contribution in [3.63, 3.8) is 0 Å². The third kappa shape index (κ3) is 4.65. The molecule has 1 unspecified atom stereocenters. The molecule has 0 saturated heterocycles. The highest BCUT2D eigenvalue weighted by Gasteiger charge is 2.22. The maximum Gasteiger partial charge on any atom is 0.291 e. The van der Waals surface area contributed by atoms with Crippen molar-refractivity contribution < 1.29 is 13.6 Å². The molecule has 2 aromatic carbocycles. The number of aromatic nitrogens is 2. The summed E-state index contributed by atoms with van der Waals surface area (Å²) in [6, 6.07) is 15.8. The molecule has 1 aliphatic rings. The fourth-order valence-corrected chi connectivity index (χ4v) is 4.46. The Labute approximate surface area is 178 Å². The van der Waals surface area contributed by atoms with E-state index in [-0.39, 0.29) is 23.7 Å². The summed E-state index contributed by atoms with van der Waals surface area (Å²) in [5.74, 6) is -2.80. The molecule has 1 aliphatic heterocycles. The van der Waals surface area contributed by atoms with Crippen LogP contribution in [0.5, 0.6) is 0 Å². The normalized spacial score (nSPS) is 15.3. The van der Waals surface area contributed by atoms with Gasteiger partial charge in [0.2, 0.25) is 5.91 Å². The van der Waals surface area contributed by atoms with Crippen LogP contribution in [0.15, 0.2) is 53.7 Å². The van der Waals surface area contributed by atoms with Crippen LogP contribution in [-0.2, 0) is 24.3 Å². The third-order valence-corrected chi connectivity index (χ3v) is 6.19. The first-order valence-electron chi connectivity index (χ1n) is 9.99. The lowest BCUT2D eigenvalue weighted by atomic mass is 9.99. The quantitative estimate of drug-likeness (QED) is 0.578. The van der Waals surface area contributed by atoms with Crippen molar-refractivity contribution >= 4 is 28.7 Å². The Morgan fingerprint density at radius 2 is 1.90 bits per heavy atom. The number of hydrogen-bond acceptors (Lipinski definition) is 4. The van der Waals surface area contributed by atoms with Crippen LogP contribution < -0.4 is 5.32 Å². The molecule has 1 aromatic heterocycles. The van der Waals surface area contributed by atoms with Crippen LogP contribution in [0.25, 0.3) is 11.0 Å². The zero-order valence-corrected chi connectivity index (χ0v) is 17.5. The summed E-state index contributed by atoms with van der Waals surface area (Å²) < 4.78 is 27.4. The Hall–Kier alpha value is -2.45. The van der Waals surface area contributed by atoms with Crippen molar-refractivity contribution in [3.05, 3.63) is 59.7 Å². The summed E-state index contributed by atoms with van der Waals surface area (Å²) in [6.45, 7) is 4.39. The number of nitrogens with one attached hydrogen (secondary N) is 1. The third-order valence-electron chi connectivity index (χ3n) is 5.49. The molecule has 1 atom stereocenters. The van der Waals surface area contributed by atoms with Crippen LogP contribution in [0.3, 0.4) is 0 Å². The second-order valence-electron chi connectivity index (χ2n) is 7.49. The molecular weight excluding hydrogens is 406 g/mol. The van der Waals surface area contributed by atoms with E-state index in [4.69, 9.17) is 0 Å². The average molecular weight is 431 g/mol. The second kappa shape index (κ2) is 9.14. The zero-order valence-electron chi connectivity index (χ0n) is 16.7. The van der Waals surface area contributed by atoms with Crippen molar-refractivity contribution in [2.24, 2.45) is 0 Å². The fraction of sp³-hybridized carbons (Fsp3) is 0.364. The molecule has 0 aliphatic carbocycles. The molecule has 0 fully saturated rings. The molecule has 0 radical (unpaired) electrons. The van der Waals surface area contributed by atoms with Gasteiger partial charge in [-0.1, -0.05) is 36.4 Å². The van der Waals surface area contributed by atoms with E-state index in [0.717, 1.165) is 19.5 Å². The number of carbonyl (C=O) groups is 1. The van der Waals surface area contributed by atoms with Crippen LogP contribution >= 0.6 is 11.8 Å². The number of para-hydroxylation sites is 2. The molecule has 0 bridgehead atoms. The number of fused-ring (bicyclic) bond motifs is 2. The predicted molar refractivity (Wildman–Crippen MR) is 115 cm³/mol. The minimum absolute atomic E-state index is 0.0366. The number of thioether (sulfide) groups is 1. The highest BCUT2D eigenvalue weighted by Crippen LogP contribution is 2.28. The number of alkyl halides is 2. The van der Waals surface area contributed by atoms with Gasteiger partial charge in [-0.25, -0.2) is 4.98 Å². The van der Waals surface area contributed by atoms with Crippen LogP contribution in [0.1, 0.15) is 18.1 Å². The smallest absolute Gasteiger partial charge is 0.291 e. The van der Waals surface area contributed by atoms with Gasteiger partial charge in [0.1, 0.15) is 6.54 Å².